The third kappa shape index (κ3) is 4.47. The Bertz CT molecular complexity index is 1020. The molecule has 1 unspecified atom stereocenters. The lowest BCUT2D eigenvalue weighted by Crippen LogP contribution is -2.30. The predicted molar refractivity (Wildman–Crippen MR) is 130 cm³/mol. The van der Waals surface area contributed by atoms with Crippen molar-refractivity contribution in [3.63, 3.8) is 0 Å². The Morgan fingerprint density at radius 1 is 1.03 bits per heavy atom. The third-order valence-electron chi connectivity index (χ3n) is 6.70. The van der Waals surface area contributed by atoms with Crippen molar-refractivity contribution in [2.75, 3.05) is 39.0 Å². The number of rotatable bonds is 7. The van der Waals surface area contributed by atoms with Crippen LogP contribution in [0, 0.1) is 0 Å². The molecule has 1 aliphatic carbocycles. The maximum absolute atomic E-state index is 5.09. The Labute approximate surface area is 189 Å². The summed E-state index contributed by atoms with van der Waals surface area (Å²) < 4.78 is 0. The summed E-state index contributed by atoms with van der Waals surface area (Å²) in [5.41, 5.74) is 2.82. The third-order valence-corrected chi connectivity index (χ3v) is 7.88. The lowest BCUT2D eigenvalue weighted by molar-refractivity contribution is 0.216. The summed E-state index contributed by atoms with van der Waals surface area (Å²) in [5, 5.41) is 5.04. The van der Waals surface area contributed by atoms with Crippen molar-refractivity contribution < 1.29 is 0 Å². The molecular weight excluding hydrogens is 402 g/mol. The number of likely N-dealkylation sites (tertiary alicyclic amines) is 1. The van der Waals surface area contributed by atoms with E-state index in [2.05, 4.69) is 59.5 Å². The van der Waals surface area contributed by atoms with Gasteiger partial charge in [-0.05, 0) is 70.4 Å². The number of aryl methyl sites for hydroxylation is 2. The number of hydrogen-bond acceptors (Lipinski definition) is 6. The minimum Gasteiger partial charge on any atom is -0.367 e. The van der Waals surface area contributed by atoms with E-state index in [9.17, 15) is 0 Å². The van der Waals surface area contributed by atoms with E-state index < -0.39 is 0 Å². The number of aromatic nitrogens is 2. The molecule has 1 aromatic carbocycles. The Hall–Kier alpha value is -2.02. The van der Waals surface area contributed by atoms with Gasteiger partial charge in [0.25, 0.3) is 0 Å². The summed E-state index contributed by atoms with van der Waals surface area (Å²) >= 11 is 1.89. The number of likely N-dealkylation sites (N-methyl/N-ethyl adjacent to an activating group) is 1. The van der Waals surface area contributed by atoms with Gasteiger partial charge in [0.15, 0.2) is 0 Å². The van der Waals surface area contributed by atoms with Crippen molar-refractivity contribution in [3.05, 3.63) is 52.2 Å². The van der Waals surface area contributed by atoms with Gasteiger partial charge in [-0.25, -0.2) is 9.97 Å². The lowest BCUT2D eigenvalue weighted by atomic mass is 10.1. The molecule has 1 atom stereocenters. The van der Waals surface area contributed by atoms with Gasteiger partial charge in [0.1, 0.15) is 16.5 Å². The lowest BCUT2D eigenvalue weighted by Gasteiger charge is -2.27. The highest BCUT2D eigenvalue weighted by Gasteiger charge is 2.24. The van der Waals surface area contributed by atoms with Crippen LogP contribution in [0.2, 0.25) is 0 Å². The van der Waals surface area contributed by atoms with Gasteiger partial charge in [0.05, 0.1) is 18.0 Å². The summed E-state index contributed by atoms with van der Waals surface area (Å²) in [6.45, 7) is 4.03. The van der Waals surface area contributed by atoms with Gasteiger partial charge < -0.3 is 10.2 Å². The van der Waals surface area contributed by atoms with Crippen LogP contribution in [0.5, 0.6) is 0 Å². The van der Waals surface area contributed by atoms with E-state index in [0.29, 0.717) is 6.04 Å². The second kappa shape index (κ2) is 9.23. The summed E-state index contributed by atoms with van der Waals surface area (Å²) in [6.07, 6.45) is 7.56. The van der Waals surface area contributed by atoms with Gasteiger partial charge in [0, 0.05) is 11.4 Å². The van der Waals surface area contributed by atoms with E-state index in [-0.39, 0.29) is 0 Å². The van der Waals surface area contributed by atoms with Crippen LogP contribution in [0.15, 0.2) is 30.3 Å². The summed E-state index contributed by atoms with van der Waals surface area (Å²) in [4.78, 5) is 17.6. The van der Waals surface area contributed by atoms with Crippen molar-refractivity contribution in [2.24, 2.45) is 0 Å². The van der Waals surface area contributed by atoms with E-state index in [1.165, 1.54) is 71.4 Å². The molecule has 5 nitrogen and oxygen atoms in total. The molecule has 0 saturated carbocycles. The van der Waals surface area contributed by atoms with E-state index >= 15 is 0 Å². The van der Waals surface area contributed by atoms with Crippen molar-refractivity contribution in [2.45, 2.75) is 51.1 Å². The van der Waals surface area contributed by atoms with E-state index in [4.69, 9.17) is 9.97 Å². The van der Waals surface area contributed by atoms with Crippen molar-refractivity contribution in [1.29, 1.82) is 0 Å². The van der Waals surface area contributed by atoms with Crippen molar-refractivity contribution in [3.8, 4) is 0 Å². The molecule has 3 heterocycles. The highest BCUT2D eigenvalue weighted by Crippen LogP contribution is 2.39. The molecule has 0 radical (unpaired) electrons. The zero-order valence-electron chi connectivity index (χ0n) is 18.7. The standard InChI is InChI=1S/C25H33N5S/c1-29(2)20(18-10-5-3-6-11-18)16-26-24-23-19-12-9-13-21(19)31-25(23)28-22(27-24)17-30-14-7-4-8-15-30/h3,5-6,10-11,20H,4,7-9,12-17H2,1-2H3,(H,26,27,28). The average Bonchev–Trinajstić information content (AvgIpc) is 3.36. The SMILES string of the molecule is CN(C)C(CNc1nc(CN2CCCCC2)nc2sc3c(c12)CCC3)c1ccccc1. The van der Waals surface area contributed by atoms with Crippen LogP contribution >= 0.6 is 11.3 Å². The van der Waals surface area contributed by atoms with Gasteiger partial charge in [0.2, 0.25) is 0 Å². The Morgan fingerprint density at radius 2 is 1.84 bits per heavy atom. The van der Waals surface area contributed by atoms with Crippen LogP contribution in [0.1, 0.15) is 53.6 Å². The second-order valence-electron chi connectivity index (χ2n) is 9.13. The molecule has 1 aliphatic heterocycles. The minimum atomic E-state index is 0.295. The molecule has 0 bridgehead atoms. The fourth-order valence-corrected chi connectivity index (χ4v) is 6.30. The molecule has 1 N–H and O–H groups in total. The Balaban J connectivity index is 1.45. The smallest absolute Gasteiger partial charge is 0.146 e. The first kappa shape index (κ1) is 20.9. The largest absolute Gasteiger partial charge is 0.367 e. The number of piperidine rings is 1. The van der Waals surface area contributed by atoms with Gasteiger partial charge in [-0.2, -0.15) is 0 Å². The summed E-state index contributed by atoms with van der Waals surface area (Å²) in [5.74, 6) is 2.01. The molecule has 0 spiro atoms. The van der Waals surface area contributed by atoms with Crippen molar-refractivity contribution >= 4 is 27.4 Å². The highest BCUT2D eigenvalue weighted by molar-refractivity contribution is 7.19. The van der Waals surface area contributed by atoms with E-state index in [1.54, 1.807) is 0 Å². The number of anilines is 1. The Kier molecular flexibility index (Phi) is 6.21. The highest BCUT2D eigenvalue weighted by atomic mass is 32.1. The maximum atomic E-state index is 5.09. The van der Waals surface area contributed by atoms with Gasteiger partial charge in [-0.3, -0.25) is 4.90 Å². The molecule has 0 amide bonds. The van der Waals surface area contributed by atoms with Crippen molar-refractivity contribution in [1.82, 2.24) is 19.8 Å². The number of fused-ring (bicyclic) bond motifs is 3. The molecule has 164 valence electrons. The fourth-order valence-electron chi connectivity index (χ4n) is 5.02. The molecule has 5 rings (SSSR count). The predicted octanol–water partition coefficient (Wildman–Crippen LogP) is 4.88. The van der Waals surface area contributed by atoms with Crippen LogP contribution < -0.4 is 5.32 Å². The van der Waals surface area contributed by atoms with Gasteiger partial charge >= 0.3 is 0 Å². The maximum Gasteiger partial charge on any atom is 0.146 e. The molecule has 1 saturated heterocycles. The number of nitrogens with one attached hydrogen (secondary N) is 1. The van der Waals surface area contributed by atoms with Crippen LogP contribution in [-0.4, -0.2) is 53.5 Å². The summed E-state index contributed by atoms with van der Waals surface area (Å²) in [7, 11) is 4.30. The average molecular weight is 436 g/mol. The molecule has 1 fully saturated rings. The van der Waals surface area contributed by atoms with Crippen LogP contribution in [-0.2, 0) is 19.4 Å². The van der Waals surface area contributed by atoms with Gasteiger partial charge in [-0.1, -0.05) is 36.8 Å². The first-order valence-electron chi connectivity index (χ1n) is 11.7. The minimum absolute atomic E-state index is 0.295. The topological polar surface area (TPSA) is 44.3 Å². The van der Waals surface area contributed by atoms with E-state index in [1.807, 2.05) is 11.3 Å². The zero-order chi connectivity index (χ0) is 21.2. The monoisotopic (exact) mass is 435 g/mol. The molecule has 31 heavy (non-hydrogen) atoms. The summed E-state index contributed by atoms with van der Waals surface area (Å²) in [6, 6.07) is 11.1. The zero-order valence-corrected chi connectivity index (χ0v) is 19.5. The number of thiophene rings is 1. The van der Waals surface area contributed by atoms with Gasteiger partial charge in [-0.15, -0.1) is 11.3 Å². The molecular formula is C25H33N5S. The number of nitrogens with zero attached hydrogens (tertiary/aromatic N) is 4. The second-order valence-corrected chi connectivity index (χ2v) is 10.2. The first-order chi connectivity index (χ1) is 15.2. The normalized spacial score (nSPS) is 17.9. The Morgan fingerprint density at radius 3 is 2.61 bits per heavy atom. The van der Waals surface area contributed by atoms with E-state index in [0.717, 1.165) is 31.2 Å². The molecule has 6 heteroatoms. The number of hydrogen-bond donors (Lipinski definition) is 1. The molecule has 2 aliphatic rings. The first-order valence-corrected chi connectivity index (χ1v) is 12.5. The fraction of sp³-hybridized carbons (Fsp3) is 0.520. The molecule has 3 aromatic rings. The number of benzene rings is 1. The molecule has 2 aromatic heterocycles. The van der Waals surface area contributed by atoms with Crippen LogP contribution in [0.3, 0.4) is 0 Å². The van der Waals surface area contributed by atoms with Crippen LogP contribution in [0.25, 0.3) is 10.2 Å². The quantitative estimate of drug-likeness (QED) is 0.573. The van der Waals surface area contributed by atoms with Crippen LogP contribution in [0.4, 0.5) is 5.82 Å².